The molecular weight excluding hydrogens is 411 g/mol. The van der Waals surface area contributed by atoms with Crippen molar-refractivity contribution in [1.82, 2.24) is 0 Å². The first-order valence-corrected chi connectivity index (χ1v) is 13.3. The van der Waals surface area contributed by atoms with Gasteiger partial charge in [-0.2, -0.15) is 0 Å². The Bertz CT molecular complexity index is 1120. The van der Waals surface area contributed by atoms with Crippen LogP contribution in [0, 0.1) is 11.7 Å². The molecule has 1 saturated carbocycles. The fourth-order valence-electron chi connectivity index (χ4n) is 5.74. The molecule has 178 valence electrons. The van der Waals surface area contributed by atoms with Crippen LogP contribution in [0.5, 0.6) is 0 Å². The lowest BCUT2D eigenvalue weighted by Crippen LogP contribution is -2.14. The number of hydrogen-bond donors (Lipinski definition) is 0. The first kappa shape index (κ1) is 24.0. The van der Waals surface area contributed by atoms with Gasteiger partial charge in [0.25, 0.3) is 0 Å². The summed E-state index contributed by atoms with van der Waals surface area (Å²) in [6, 6.07) is 9.90. The predicted octanol–water partition coefficient (Wildman–Crippen LogP) is 9.06. The molecule has 4 rings (SSSR count). The minimum Gasteiger partial charge on any atom is -0.419 e. The maximum Gasteiger partial charge on any atom is 0.344 e. The second-order valence-corrected chi connectivity index (χ2v) is 10.1. The summed E-state index contributed by atoms with van der Waals surface area (Å²) < 4.78 is 20.4. The van der Waals surface area contributed by atoms with Crippen molar-refractivity contribution in [2.45, 2.75) is 103 Å². The van der Waals surface area contributed by atoms with Crippen LogP contribution in [-0.2, 0) is 6.42 Å². The van der Waals surface area contributed by atoms with E-state index < -0.39 is 5.63 Å². The fraction of sp³-hybridized carbons (Fsp3) is 0.567. The molecule has 1 fully saturated rings. The Hall–Kier alpha value is -2.16. The third kappa shape index (κ3) is 5.50. The van der Waals surface area contributed by atoms with Gasteiger partial charge in [-0.05, 0) is 61.1 Å². The first-order valence-electron chi connectivity index (χ1n) is 13.3. The Morgan fingerprint density at radius 1 is 0.848 bits per heavy atom. The van der Waals surface area contributed by atoms with Crippen molar-refractivity contribution in [3.05, 3.63) is 57.7 Å². The quantitative estimate of drug-likeness (QED) is 0.175. The van der Waals surface area contributed by atoms with Gasteiger partial charge in [0.15, 0.2) is 11.4 Å². The van der Waals surface area contributed by atoms with E-state index in [1.54, 1.807) is 0 Å². The molecule has 0 N–H and O–H groups in total. The van der Waals surface area contributed by atoms with Crippen LogP contribution in [0.15, 0.2) is 39.5 Å². The molecule has 0 bridgehead atoms. The Morgan fingerprint density at radius 3 is 2.33 bits per heavy atom. The Balaban J connectivity index is 1.44. The molecule has 1 aromatic heterocycles. The van der Waals surface area contributed by atoms with Crippen molar-refractivity contribution in [2.75, 3.05) is 0 Å². The largest absolute Gasteiger partial charge is 0.419 e. The molecule has 3 heteroatoms. The standard InChI is InChI=1S/C30H39FO2/c1-3-5-6-7-8-9-11-21-12-14-22(15-13-21)24-17-18-25-26-19-16-23(10-4-2)28(31)29(26)33-30(32)27(25)20-24/h16-22H,3-15H2,1-2H3. The summed E-state index contributed by atoms with van der Waals surface area (Å²) in [5.74, 6) is 0.984. The highest BCUT2D eigenvalue weighted by Gasteiger charge is 2.23. The SMILES string of the molecule is CCCCCCCCC1CCC(c2ccc3c(c2)c(=O)oc2c(F)c(CCC)ccc23)CC1. The lowest BCUT2D eigenvalue weighted by Gasteiger charge is -2.29. The molecule has 1 aliphatic carbocycles. The first-order chi connectivity index (χ1) is 16.1. The molecule has 0 aliphatic heterocycles. The minimum absolute atomic E-state index is 0.0985. The van der Waals surface area contributed by atoms with Gasteiger partial charge in [0, 0.05) is 10.8 Å². The number of fused-ring (bicyclic) bond motifs is 3. The summed E-state index contributed by atoms with van der Waals surface area (Å²) in [5.41, 5.74) is 1.52. The van der Waals surface area contributed by atoms with Gasteiger partial charge >= 0.3 is 5.63 Å². The lowest BCUT2D eigenvalue weighted by atomic mass is 9.76. The van der Waals surface area contributed by atoms with Crippen LogP contribution in [0.25, 0.3) is 21.7 Å². The molecule has 0 spiro atoms. The number of benzene rings is 2. The predicted molar refractivity (Wildman–Crippen MR) is 137 cm³/mol. The van der Waals surface area contributed by atoms with Gasteiger partial charge in [-0.3, -0.25) is 0 Å². The number of unbranched alkanes of at least 4 members (excludes halogenated alkanes) is 5. The van der Waals surface area contributed by atoms with Crippen LogP contribution in [-0.4, -0.2) is 0 Å². The van der Waals surface area contributed by atoms with Crippen molar-refractivity contribution in [3.63, 3.8) is 0 Å². The second kappa shape index (κ2) is 11.3. The van der Waals surface area contributed by atoms with Crippen molar-refractivity contribution < 1.29 is 8.81 Å². The zero-order chi connectivity index (χ0) is 23.2. The van der Waals surface area contributed by atoms with Gasteiger partial charge < -0.3 is 4.42 Å². The summed E-state index contributed by atoms with van der Waals surface area (Å²) >= 11 is 0. The van der Waals surface area contributed by atoms with E-state index in [1.165, 1.54) is 76.2 Å². The zero-order valence-electron chi connectivity index (χ0n) is 20.4. The van der Waals surface area contributed by atoms with Crippen LogP contribution < -0.4 is 5.63 Å². The number of aryl methyl sites for hydroxylation is 1. The molecule has 2 nitrogen and oxygen atoms in total. The molecule has 1 aliphatic rings. The second-order valence-electron chi connectivity index (χ2n) is 10.1. The van der Waals surface area contributed by atoms with E-state index >= 15 is 0 Å². The molecule has 0 amide bonds. The van der Waals surface area contributed by atoms with Crippen molar-refractivity contribution in [1.29, 1.82) is 0 Å². The van der Waals surface area contributed by atoms with Gasteiger partial charge in [0.1, 0.15) is 0 Å². The summed E-state index contributed by atoms with van der Waals surface area (Å²) in [5, 5.41) is 2.07. The van der Waals surface area contributed by atoms with E-state index in [1.807, 2.05) is 31.2 Å². The van der Waals surface area contributed by atoms with Gasteiger partial charge in [-0.15, -0.1) is 0 Å². The van der Waals surface area contributed by atoms with Gasteiger partial charge in [-0.25, -0.2) is 9.18 Å². The summed E-state index contributed by atoms with van der Waals surface area (Å²) in [7, 11) is 0. The molecule has 2 aromatic carbocycles. The highest BCUT2D eigenvalue weighted by atomic mass is 19.1. The highest BCUT2D eigenvalue weighted by molar-refractivity contribution is 6.04. The number of rotatable bonds is 10. The lowest BCUT2D eigenvalue weighted by molar-refractivity contribution is 0.302. The smallest absolute Gasteiger partial charge is 0.344 e. The Morgan fingerprint density at radius 2 is 1.58 bits per heavy atom. The molecule has 33 heavy (non-hydrogen) atoms. The van der Waals surface area contributed by atoms with Crippen molar-refractivity contribution in [2.24, 2.45) is 5.92 Å². The molecule has 0 unspecified atom stereocenters. The maximum absolute atomic E-state index is 14.9. The Labute approximate surface area is 197 Å². The van der Waals surface area contributed by atoms with Crippen LogP contribution in [0.4, 0.5) is 4.39 Å². The van der Waals surface area contributed by atoms with E-state index in [0.717, 1.165) is 17.7 Å². The van der Waals surface area contributed by atoms with Crippen molar-refractivity contribution in [3.8, 4) is 0 Å². The monoisotopic (exact) mass is 450 g/mol. The van der Waals surface area contributed by atoms with E-state index in [2.05, 4.69) is 13.0 Å². The van der Waals surface area contributed by atoms with Gasteiger partial charge in [0.2, 0.25) is 0 Å². The average molecular weight is 451 g/mol. The topological polar surface area (TPSA) is 30.2 Å². The summed E-state index contributed by atoms with van der Waals surface area (Å²) in [6.07, 6.45) is 16.1. The number of hydrogen-bond acceptors (Lipinski definition) is 2. The maximum atomic E-state index is 14.9. The zero-order valence-corrected chi connectivity index (χ0v) is 20.4. The average Bonchev–Trinajstić information content (AvgIpc) is 2.84. The number of halogens is 1. The molecule has 0 radical (unpaired) electrons. The molecule has 3 aromatic rings. The minimum atomic E-state index is -0.427. The normalized spacial score (nSPS) is 18.9. The summed E-state index contributed by atoms with van der Waals surface area (Å²) in [4.78, 5) is 12.8. The molecule has 0 saturated heterocycles. The highest BCUT2D eigenvalue weighted by Crippen LogP contribution is 2.39. The fourth-order valence-corrected chi connectivity index (χ4v) is 5.74. The van der Waals surface area contributed by atoms with E-state index in [0.29, 0.717) is 28.7 Å². The van der Waals surface area contributed by atoms with Gasteiger partial charge in [-0.1, -0.05) is 89.5 Å². The Kier molecular flexibility index (Phi) is 8.22. The summed E-state index contributed by atoms with van der Waals surface area (Å²) in [6.45, 7) is 4.29. The van der Waals surface area contributed by atoms with Crippen LogP contribution in [0.1, 0.15) is 108 Å². The van der Waals surface area contributed by atoms with E-state index in [-0.39, 0.29) is 11.4 Å². The van der Waals surface area contributed by atoms with E-state index in [4.69, 9.17) is 4.42 Å². The van der Waals surface area contributed by atoms with E-state index in [9.17, 15) is 9.18 Å². The third-order valence-corrected chi connectivity index (χ3v) is 7.73. The third-order valence-electron chi connectivity index (χ3n) is 7.73. The molecule has 0 atom stereocenters. The van der Waals surface area contributed by atoms with Crippen LogP contribution in [0.3, 0.4) is 0 Å². The molecule has 1 heterocycles. The van der Waals surface area contributed by atoms with Crippen LogP contribution >= 0.6 is 0 Å². The van der Waals surface area contributed by atoms with Gasteiger partial charge in [0.05, 0.1) is 5.39 Å². The van der Waals surface area contributed by atoms with Crippen molar-refractivity contribution >= 4 is 21.7 Å². The van der Waals surface area contributed by atoms with Crippen LogP contribution in [0.2, 0.25) is 0 Å². The molecular formula is C30H39FO2.